The van der Waals surface area contributed by atoms with Crippen molar-refractivity contribution in [3.8, 4) is 0 Å². The molecule has 0 radical (unpaired) electrons. The molecule has 1 aromatic rings. The lowest BCUT2D eigenvalue weighted by Gasteiger charge is -2.04. The number of carbonyl (C=O) groups is 2. The van der Waals surface area contributed by atoms with Gasteiger partial charge in [-0.25, -0.2) is 0 Å². The first kappa shape index (κ1) is 10.8. The van der Waals surface area contributed by atoms with E-state index in [9.17, 15) is 9.59 Å². The Kier molecular flexibility index (Phi) is 3.33. The van der Waals surface area contributed by atoms with Gasteiger partial charge in [0.15, 0.2) is 0 Å². The fourth-order valence-corrected chi connectivity index (χ4v) is 1.23. The molecule has 3 N–H and O–H groups in total. The van der Waals surface area contributed by atoms with Crippen LogP contribution in [0.15, 0.2) is 18.2 Å². The van der Waals surface area contributed by atoms with Crippen LogP contribution < -0.4 is 11.1 Å². The summed E-state index contributed by atoms with van der Waals surface area (Å²) in [5.41, 5.74) is 5.04. The molecule has 1 rings (SSSR count). The molecule has 74 valence electrons. The molecule has 0 saturated carbocycles. The Bertz CT molecular complexity index is 393. The van der Waals surface area contributed by atoms with Crippen LogP contribution in [0.2, 0.25) is 10.0 Å². The number of carbonyl (C=O) groups excluding carboxylic acids is 2. The lowest BCUT2D eigenvalue weighted by Crippen LogP contribution is -2.29. The molecular weight excluding hydrogens is 227 g/mol. The van der Waals surface area contributed by atoms with Crippen LogP contribution in [0.1, 0.15) is 0 Å². The van der Waals surface area contributed by atoms with Crippen LogP contribution in [0.3, 0.4) is 0 Å². The molecule has 1 aromatic carbocycles. The van der Waals surface area contributed by atoms with Crippen molar-refractivity contribution in [1.82, 2.24) is 0 Å². The largest absolute Gasteiger partial charge is 0.361 e. The molecule has 0 aliphatic rings. The number of nitrogens with one attached hydrogen (secondary N) is 1. The third-order valence-electron chi connectivity index (χ3n) is 1.40. The quantitative estimate of drug-likeness (QED) is 0.720. The molecule has 0 heterocycles. The van der Waals surface area contributed by atoms with Crippen molar-refractivity contribution in [2.45, 2.75) is 0 Å². The Labute approximate surface area is 90.0 Å². The van der Waals surface area contributed by atoms with E-state index < -0.39 is 11.8 Å². The highest BCUT2D eigenvalue weighted by atomic mass is 35.5. The zero-order chi connectivity index (χ0) is 10.7. The van der Waals surface area contributed by atoms with Gasteiger partial charge in [-0.2, -0.15) is 0 Å². The molecule has 0 aromatic heterocycles. The normalized spacial score (nSPS) is 9.57. The summed E-state index contributed by atoms with van der Waals surface area (Å²) in [7, 11) is 0. The summed E-state index contributed by atoms with van der Waals surface area (Å²) in [6.07, 6.45) is 0. The summed E-state index contributed by atoms with van der Waals surface area (Å²) in [5.74, 6) is -2.00. The molecule has 0 bridgehead atoms. The van der Waals surface area contributed by atoms with Crippen molar-refractivity contribution < 1.29 is 9.59 Å². The Balaban J connectivity index is 2.87. The van der Waals surface area contributed by atoms with Gasteiger partial charge in [0.05, 0.1) is 10.7 Å². The van der Waals surface area contributed by atoms with Gasteiger partial charge in [-0.3, -0.25) is 9.59 Å². The second-order valence-electron chi connectivity index (χ2n) is 2.44. The van der Waals surface area contributed by atoms with Gasteiger partial charge in [-0.15, -0.1) is 0 Å². The third kappa shape index (κ3) is 2.61. The number of nitrogens with two attached hydrogens (primary N) is 1. The molecular formula is C8H6Cl2N2O2. The summed E-state index contributed by atoms with van der Waals surface area (Å²) in [6.45, 7) is 0. The number of benzene rings is 1. The van der Waals surface area contributed by atoms with Gasteiger partial charge in [0.2, 0.25) is 0 Å². The van der Waals surface area contributed by atoms with Crippen LogP contribution in [-0.2, 0) is 9.59 Å². The van der Waals surface area contributed by atoms with Crippen molar-refractivity contribution in [2.24, 2.45) is 5.73 Å². The van der Waals surface area contributed by atoms with Gasteiger partial charge < -0.3 is 11.1 Å². The van der Waals surface area contributed by atoms with Gasteiger partial charge >= 0.3 is 11.8 Å². The molecule has 6 heteroatoms. The standard InChI is InChI=1S/C8H6Cl2N2O2/c9-4-1-2-6(5(10)3-4)12-8(14)7(11)13/h1-3H,(H2,11,13)(H,12,14). The first-order valence-electron chi connectivity index (χ1n) is 3.56. The fourth-order valence-electron chi connectivity index (χ4n) is 0.775. The van der Waals surface area contributed by atoms with E-state index in [1.54, 1.807) is 0 Å². The molecule has 4 nitrogen and oxygen atoms in total. The van der Waals surface area contributed by atoms with E-state index in [0.29, 0.717) is 10.7 Å². The van der Waals surface area contributed by atoms with E-state index >= 15 is 0 Å². The Morgan fingerprint density at radius 2 is 1.93 bits per heavy atom. The Morgan fingerprint density at radius 1 is 1.29 bits per heavy atom. The van der Waals surface area contributed by atoms with E-state index in [2.05, 4.69) is 5.32 Å². The number of hydrogen-bond acceptors (Lipinski definition) is 2. The summed E-state index contributed by atoms with van der Waals surface area (Å²) >= 11 is 11.4. The van der Waals surface area contributed by atoms with Gasteiger partial charge in [-0.05, 0) is 18.2 Å². The summed E-state index contributed by atoms with van der Waals surface area (Å²) in [6, 6.07) is 4.45. The van der Waals surface area contributed by atoms with E-state index in [-0.39, 0.29) is 5.02 Å². The number of rotatable bonds is 1. The molecule has 0 atom stereocenters. The van der Waals surface area contributed by atoms with Crippen LogP contribution >= 0.6 is 23.2 Å². The maximum Gasteiger partial charge on any atom is 0.313 e. The minimum absolute atomic E-state index is 0.243. The molecule has 0 spiro atoms. The van der Waals surface area contributed by atoms with Crippen molar-refractivity contribution in [2.75, 3.05) is 5.32 Å². The van der Waals surface area contributed by atoms with Crippen molar-refractivity contribution in [1.29, 1.82) is 0 Å². The highest BCUT2D eigenvalue weighted by Gasteiger charge is 2.10. The van der Waals surface area contributed by atoms with Crippen LogP contribution in [0.4, 0.5) is 5.69 Å². The maximum atomic E-state index is 10.9. The molecule has 0 fully saturated rings. The molecule has 0 aliphatic heterocycles. The van der Waals surface area contributed by atoms with Gasteiger partial charge in [0.25, 0.3) is 0 Å². The average Bonchev–Trinajstić information content (AvgIpc) is 2.09. The van der Waals surface area contributed by atoms with E-state index in [4.69, 9.17) is 28.9 Å². The molecule has 0 aliphatic carbocycles. The van der Waals surface area contributed by atoms with Crippen molar-refractivity contribution in [3.05, 3.63) is 28.2 Å². The second kappa shape index (κ2) is 4.30. The van der Waals surface area contributed by atoms with Crippen LogP contribution in [0, 0.1) is 0 Å². The summed E-state index contributed by atoms with van der Waals surface area (Å²) < 4.78 is 0. The van der Waals surface area contributed by atoms with E-state index in [0.717, 1.165) is 0 Å². The van der Waals surface area contributed by atoms with E-state index in [1.165, 1.54) is 18.2 Å². The zero-order valence-electron chi connectivity index (χ0n) is 6.88. The molecule has 14 heavy (non-hydrogen) atoms. The number of primary amides is 1. The highest BCUT2D eigenvalue weighted by Crippen LogP contribution is 2.25. The number of amides is 2. The molecule has 0 saturated heterocycles. The number of anilines is 1. The van der Waals surface area contributed by atoms with Gasteiger partial charge in [0, 0.05) is 5.02 Å². The Morgan fingerprint density at radius 3 is 2.43 bits per heavy atom. The maximum absolute atomic E-state index is 10.9. The zero-order valence-corrected chi connectivity index (χ0v) is 8.39. The summed E-state index contributed by atoms with van der Waals surface area (Å²) in [4.78, 5) is 21.3. The van der Waals surface area contributed by atoms with Gasteiger partial charge in [-0.1, -0.05) is 23.2 Å². The predicted octanol–water partition coefficient (Wildman–Crippen LogP) is 1.42. The van der Waals surface area contributed by atoms with E-state index in [1.807, 2.05) is 0 Å². The second-order valence-corrected chi connectivity index (χ2v) is 3.29. The predicted molar refractivity (Wildman–Crippen MR) is 54.3 cm³/mol. The van der Waals surface area contributed by atoms with Crippen molar-refractivity contribution >= 4 is 40.7 Å². The van der Waals surface area contributed by atoms with Gasteiger partial charge in [0.1, 0.15) is 0 Å². The molecule has 0 unspecified atom stereocenters. The molecule has 2 amide bonds. The highest BCUT2D eigenvalue weighted by molar-refractivity contribution is 6.41. The monoisotopic (exact) mass is 232 g/mol. The minimum atomic E-state index is -1.07. The van der Waals surface area contributed by atoms with Crippen LogP contribution in [0.5, 0.6) is 0 Å². The average molecular weight is 233 g/mol. The summed E-state index contributed by atoms with van der Waals surface area (Å²) in [5, 5.41) is 2.91. The topological polar surface area (TPSA) is 72.2 Å². The van der Waals surface area contributed by atoms with Crippen LogP contribution in [-0.4, -0.2) is 11.8 Å². The first-order chi connectivity index (χ1) is 6.50. The van der Waals surface area contributed by atoms with Crippen molar-refractivity contribution in [3.63, 3.8) is 0 Å². The lowest BCUT2D eigenvalue weighted by atomic mass is 10.3. The SMILES string of the molecule is NC(=O)C(=O)Nc1ccc(Cl)cc1Cl. The smallest absolute Gasteiger partial charge is 0.313 e. The third-order valence-corrected chi connectivity index (χ3v) is 1.95. The van der Waals surface area contributed by atoms with Crippen LogP contribution in [0.25, 0.3) is 0 Å². The fraction of sp³-hybridized carbons (Fsp3) is 0. The minimum Gasteiger partial charge on any atom is -0.361 e. The number of hydrogen-bond donors (Lipinski definition) is 2. The first-order valence-corrected chi connectivity index (χ1v) is 4.32. The Hall–Kier alpha value is -1.26. The number of halogens is 2. The lowest BCUT2D eigenvalue weighted by molar-refractivity contribution is -0.134.